The normalized spacial score (nSPS) is 13.6. The van der Waals surface area contributed by atoms with Crippen molar-refractivity contribution in [3.8, 4) is 0 Å². The van der Waals surface area contributed by atoms with E-state index in [2.05, 4.69) is 17.2 Å². The molecule has 0 amide bonds. The maximum Gasteiger partial charge on any atom is 0.262 e. The number of hydrogen-bond donors (Lipinski definition) is 2. The summed E-state index contributed by atoms with van der Waals surface area (Å²) in [6, 6.07) is 8.34. The van der Waals surface area contributed by atoms with Crippen molar-refractivity contribution < 1.29 is 4.39 Å². The van der Waals surface area contributed by atoms with E-state index in [0.29, 0.717) is 22.6 Å². The van der Waals surface area contributed by atoms with Gasteiger partial charge in [0, 0.05) is 12.4 Å². The second-order valence-electron chi connectivity index (χ2n) is 7.72. The van der Waals surface area contributed by atoms with E-state index in [1.807, 2.05) is 13.8 Å². The summed E-state index contributed by atoms with van der Waals surface area (Å²) < 4.78 is 15.5. The first-order valence-corrected chi connectivity index (χ1v) is 10.1. The fraction of sp³-hybridized carbons (Fsp3) is 0.292. The number of pyridine rings is 1. The molecule has 3 aromatic rings. The van der Waals surface area contributed by atoms with Gasteiger partial charge >= 0.3 is 0 Å². The monoisotopic (exact) mass is 406 g/mol. The number of benzene rings is 1. The molecule has 30 heavy (non-hydrogen) atoms. The molecule has 0 atom stereocenters. The molecule has 1 fully saturated rings. The van der Waals surface area contributed by atoms with Crippen LogP contribution >= 0.6 is 0 Å². The zero-order valence-electron chi connectivity index (χ0n) is 17.8. The third kappa shape index (κ3) is 4.82. The van der Waals surface area contributed by atoms with E-state index in [1.165, 1.54) is 29.5 Å². The molecule has 1 aromatic carbocycles. The fourth-order valence-corrected chi connectivity index (χ4v) is 2.87. The lowest BCUT2D eigenvalue weighted by Crippen LogP contribution is -2.20. The molecule has 1 aliphatic carbocycles. The predicted octanol–water partition coefficient (Wildman–Crippen LogP) is 5.66. The van der Waals surface area contributed by atoms with Crippen LogP contribution in [-0.2, 0) is 0 Å². The molecule has 0 bridgehead atoms. The molecule has 6 heteroatoms. The number of allylic oxidation sites excluding steroid dienone is 2. The molecule has 0 saturated heterocycles. The third-order valence-electron chi connectivity index (χ3n) is 5.09. The Morgan fingerprint density at radius 3 is 2.53 bits per heavy atom. The van der Waals surface area contributed by atoms with Gasteiger partial charge in [-0.15, -0.1) is 0 Å². The molecule has 2 aromatic heterocycles. The summed E-state index contributed by atoms with van der Waals surface area (Å²) in [4.78, 5) is 17.2. The largest absolute Gasteiger partial charge is 0.337 e. The molecule has 0 spiro atoms. The van der Waals surface area contributed by atoms with Gasteiger partial charge in [0.2, 0.25) is 0 Å². The number of nitrogens with one attached hydrogen (secondary N) is 2. The van der Waals surface area contributed by atoms with Gasteiger partial charge in [-0.3, -0.25) is 9.20 Å². The van der Waals surface area contributed by atoms with E-state index in [9.17, 15) is 9.18 Å². The van der Waals surface area contributed by atoms with Crippen LogP contribution in [0.1, 0.15) is 43.4 Å². The maximum atomic E-state index is 14.1. The van der Waals surface area contributed by atoms with Gasteiger partial charge in [0.05, 0.1) is 11.3 Å². The van der Waals surface area contributed by atoms with Crippen LogP contribution in [0.3, 0.4) is 0 Å². The molecule has 1 aliphatic rings. The predicted molar refractivity (Wildman–Crippen MR) is 121 cm³/mol. The van der Waals surface area contributed by atoms with Crippen LogP contribution in [0.5, 0.6) is 0 Å². The lowest BCUT2D eigenvalue weighted by atomic mass is 10.1. The van der Waals surface area contributed by atoms with Crippen molar-refractivity contribution in [2.45, 2.75) is 40.5 Å². The first-order valence-electron chi connectivity index (χ1n) is 10.1. The molecular weight excluding hydrogens is 379 g/mol. The average molecular weight is 407 g/mol. The van der Waals surface area contributed by atoms with E-state index >= 15 is 0 Å². The Hall–Kier alpha value is -3.28. The first-order chi connectivity index (χ1) is 14.3. The van der Waals surface area contributed by atoms with Gasteiger partial charge < -0.3 is 10.7 Å². The molecule has 0 unspecified atom stereocenters. The Morgan fingerprint density at radius 1 is 1.27 bits per heavy atom. The summed E-state index contributed by atoms with van der Waals surface area (Å²) >= 11 is 0. The molecule has 0 radical (unpaired) electrons. The Labute approximate surface area is 175 Å². The van der Waals surface area contributed by atoms with E-state index < -0.39 is 5.82 Å². The van der Waals surface area contributed by atoms with Crippen molar-refractivity contribution in [3.05, 3.63) is 75.5 Å². The minimum absolute atomic E-state index is 0.243. The van der Waals surface area contributed by atoms with Crippen LogP contribution in [0.4, 0.5) is 15.9 Å². The Kier molecular flexibility index (Phi) is 6.45. The highest BCUT2D eigenvalue weighted by atomic mass is 19.1. The molecule has 156 valence electrons. The second-order valence-corrected chi connectivity index (χ2v) is 7.72. The number of fused-ring (bicyclic) bond motifs is 1. The zero-order valence-corrected chi connectivity index (χ0v) is 17.8. The summed E-state index contributed by atoms with van der Waals surface area (Å²) in [5, 5.41) is 10.4. The average Bonchev–Trinajstić information content (AvgIpc) is 3.51. The zero-order chi connectivity index (χ0) is 21.8. The number of hydrogen-bond acceptors (Lipinski definition) is 4. The van der Waals surface area contributed by atoms with Gasteiger partial charge in [0.1, 0.15) is 17.3 Å². The quantitative estimate of drug-likeness (QED) is 0.549. The summed E-state index contributed by atoms with van der Waals surface area (Å²) in [5.41, 5.74) is 3.13. The van der Waals surface area contributed by atoms with Crippen molar-refractivity contribution in [2.24, 2.45) is 5.92 Å². The van der Waals surface area contributed by atoms with Gasteiger partial charge in [0.15, 0.2) is 0 Å². The van der Waals surface area contributed by atoms with Crippen molar-refractivity contribution >= 4 is 28.9 Å². The van der Waals surface area contributed by atoms with Crippen molar-refractivity contribution in [2.75, 3.05) is 5.32 Å². The highest BCUT2D eigenvalue weighted by Gasteiger charge is 2.13. The SMILES string of the molecule is C/C=C(\C=N)c1ccc2nc(Nc3ccc(C)cc3F)c(C)c(=O)n2c1.CC1CC1. The van der Waals surface area contributed by atoms with Crippen LogP contribution in [0.15, 0.2) is 47.4 Å². The molecular formula is C24H27FN4O. The molecule has 2 heterocycles. The van der Waals surface area contributed by atoms with Gasteiger partial charge in [-0.1, -0.05) is 31.9 Å². The van der Waals surface area contributed by atoms with Crippen LogP contribution in [-0.4, -0.2) is 15.6 Å². The molecule has 5 nitrogen and oxygen atoms in total. The molecule has 2 N–H and O–H groups in total. The van der Waals surface area contributed by atoms with Crippen LogP contribution < -0.4 is 10.9 Å². The fourth-order valence-electron chi connectivity index (χ4n) is 2.87. The Morgan fingerprint density at radius 2 is 1.97 bits per heavy atom. The highest BCUT2D eigenvalue weighted by Crippen LogP contribution is 2.26. The standard InChI is InChI=1S/C20H19FN4O.C4H8/c1-4-14(10-22)15-6-8-18-24-19(13(3)20(26)25(18)11-15)23-17-7-5-12(2)9-16(17)21;1-4-2-3-4/h4-11,22-23H,1-3H3;4H,2-3H2,1H3/b14-4+,22-10?;. The van der Waals surface area contributed by atoms with Crippen LogP contribution in [0.25, 0.3) is 11.2 Å². The Bertz CT molecular complexity index is 1180. The molecule has 1 saturated carbocycles. The summed E-state index contributed by atoms with van der Waals surface area (Å²) in [5.74, 6) is 1.01. The highest BCUT2D eigenvalue weighted by molar-refractivity contribution is 6.08. The minimum atomic E-state index is -0.398. The number of aromatic nitrogens is 2. The lowest BCUT2D eigenvalue weighted by Gasteiger charge is -2.12. The number of rotatable bonds is 4. The molecule has 0 aliphatic heterocycles. The number of nitrogens with zero attached hydrogens (tertiary/aromatic N) is 2. The van der Waals surface area contributed by atoms with E-state index in [0.717, 1.165) is 17.0 Å². The topological polar surface area (TPSA) is 70.2 Å². The van der Waals surface area contributed by atoms with Crippen LogP contribution in [0, 0.1) is 31.0 Å². The van der Waals surface area contributed by atoms with E-state index in [1.54, 1.807) is 43.5 Å². The second kappa shape index (κ2) is 9.03. The van der Waals surface area contributed by atoms with Crippen molar-refractivity contribution in [3.63, 3.8) is 0 Å². The van der Waals surface area contributed by atoms with E-state index in [-0.39, 0.29) is 11.2 Å². The van der Waals surface area contributed by atoms with Crippen molar-refractivity contribution in [1.82, 2.24) is 9.38 Å². The van der Waals surface area contributed by atoms with Gasteiger partial charge in [-0.05, 0) is 67.7 Å². The smallest absolute Gasteiger partial charge is 0.262 e. The van der Waals surface area contributed by atoms with Gasteiger partial charge in [-0.2, -0.15) is 0 Å². The summed E-state index contributed by atoms with van der Waals surface area (Å²) in [6.45, 7) is 7.57. The molecule has 4 rings (SSSR count). The van der Waals surface area contributed by atoms with Crippen LogP contribution in [0.2, 0.25) is 0 Å². The number of aryl methyl sites for hydroxylation is 1. The van der Waals surface area contributed by atoms with Gasteiger partial charge in [-0.25, -0.2) is 9.37 Å². The minimum Gasteiger partial charge on any atom is -0.337 e. The summed E-state index contributed by atoms with van der Waals surface area (Å²) in [7, 11) is 0. The first kappa shape index (κ1) is 21.4. The van der Waals surface area contributed by atoms with E-state index in [4.69, 9.17) is 5.41 Å². The van der Waals surface area contributed by atoms with Crippen molar-refractivity contribution in [1.29, 1.82) is 5.41 Å². The van der Waals surface area contributed by atoms with Gasteiger partial charge in [0.25, 0.3) is 5.56 Å². The number of anilines is 2. The lowest BCUT2D eigenvalue weighted by molar-refractivity contribution is 0.630. The third-order valence-corrected chi connectivity index (χ3v) is 5.09. The summed E-state index contributed by atoms with van der Waals surface area (Å²) in [6.07, 6.45) is 7.67. The maximum absolute atomic E-state index is 14.1. The Balaban J connectivity index is 0.000000572. The number of halogens is 1.